The third-order valence-corrected chi connectivity index (χ3v) is 5.02. The minimum atomic E-state index is -0.517. The van der Waals surface area contributed by atoms with Crippen LogP contribution in [0.3, 0.4) is 0 Å². The molecule has 0 aromatic heterocycles. The van der Waals surface area contributed by atoms with Crippen molar-refractivity contribution in [3.63, 3.8) is 0 Å². The van der Waals surface area contributed by atoms with Gasteiger partial charge in [-0.2, -0.15) is 5.26 Å². The van der Waals surface area contributed by atoms with Crippen LogP contribution in [0.5, 0.6) is 0 Å². The van der Waals surface area contributed by atoms with Gasteiger partial charge in [-0.05, 0) is 80.1 Å². The van der Waals surface area contributed by atoms with E-state index in [2.05, 4.69) is 44.2 Å². The lowest BCUT2D eigenvalue weighted by Crippen LogP contribution is -2.24. The van der Waals surface area contributed by atoms with E-state index in [1.807, 2.05) is 45.0 Å². The SMILES string of the molecule is Cc1cccc(C)c1-c1cc2ccccc2c(CCC(=O)OC(C)(C)C)c1C#N. The van der Waals surface area contributed by atoms with Crippen LogP contribution in [0.1, 0.15) is 49.4 Å². The summed E-state index contributed by atoms with van der Waals surface area (Å²) in [6, 6.07) is 18.8. The lowest BCUT2D eigenvalue weighted by atomic mass is 9.86. The molecule has 3 heteroatoms. The van der Waals surface area contributed by atoms with Gasteiger partial charge in [0.15, 0.2) is 0 Å². The summed E-state index contributed by atoms with van der Waals surface area (Å²) in [5, 5.41) is 12.2. The van der Waals surface area contributed by atoms with Gasteiger partial charge >= 0.3 is 5.97 Å². The van der Waals surface area contributed by atoms with Crippen molar-refractivity contribution in [2.24, 2.45) is 0 Å². The molecule has 3 nitrogen and oxygen atoms in total. The highest BCUT2D eigenvalue weighted by atomic mass is 16.6. The summed E-state index contributed by atoms with van der Waals surface area (Å²) in [7, 11) is 0. The maximum Gasteiger partial charge on any atom is 0.306 e. The minimum absolute atomic E-state index is 0.242. The van der Waals surface area contributed by atoms with Gasteiger partial charge in [0.1, 0.15) is 11.7 Å². The smallest absolute Gasteiger partial charge is 0.306 e. The van der Waals surface area contributed by atoms with Crippen molar-refractivity contribution in [3.05, 3.63) is 70.8 Å². The molecule has 29 heavy (non-hydrogen) atoms. The first-order valence-electron chi connectivity index (χ1n) is 9.94. The number of fused-ring (bicyclic) bond motifs is 1. The number of hydrogen-bond donors (Lipinski definition) is 0. The van der Waals surface area contributed by atoms with E-state index in [-0.39, 0.29) is 12.4 Å². The maximum atomic E-state index is 12.3. The fraction of sp³-hybridized carbons (Fsp3) is 0.308. The molecular formula is C26H27NO2. The summed E-state index contributed by atoms with van der Waals surface area (Å²) in [6.07, 6.45) is 0.712. The fourth-order valence-corrected chi connectivity index (χ4v) is 3.87. The third kappa shape index (κ3) is 4.49. The van der Waals surface area contributed by atoms with E-state index in [0.717, 1.165) is 38.6 Å². The number of esters is 1. The Morgan fingerprint density at radius 3 is 2.31 bits per heavy atom. The predicted octanol–water partition coefficient (Wildman–Crippen LogP) is 6.27. The third-order valence-electron chi connectivity index (χ3n) is 5.02. The average Bonchev–Trinajstić information content (AvgIpc) is 2.64. The summed E-state index contributed by atoms with van der Waals surface area (Å²) in [5.74, 6) is -0.247. The number of ether oxygens (including phenoxy) is 1. The first-order chi connectivity index (χ1) is 13.7. The Labute approximate surface area is 172 Å². The molecule has 0 spiro atoms. The summed E-state index contributed by atoms with van der Waals surface area (Å²) < 4.78 is 5.48. The highest BCUT2D eigenvalue weighted by Crippen LogP contribution is 2.36. The monoisotopic (exact) mass is 385 g/mol. The lowest BCUT2D eigenvalue weighted by Gasteiger charge is -2.20. The van der Waals surface area contributed by atoms with Crippen LogP contribution in [0.25, 0.3) is 21.9 Å². The molecule has 0 fully saturated rings. The summed E-state index contributed by atoms with van der Waals surface area (Å²) in [5.41, 5.74) is 5.33. The topological polar surface area (TPSA) is 50.1 Å². The van der Waals surface area contributed by atoms with Crippen LogP contribution < -0.4 is 0 Å². The second-order valence-electron chi connectivity index (χ2n) is 8.46. The molecule has 0 aliphatic rings. The zero-order chi connectivity index (χ0) is 21.2. The molecule has 0 N–H and O–H groups in total. The van der Waals surface area contributed by atoms with Crippen LogP contribution >= 0.6 is 0 Å². The van der Waals surface area contributed by atoms with Crippen LogP contribution in [0.15, 0.2) is 48.5 Å². The van der Waals surface area contributed by atoms with Crippen molar-refractivity contribution in [3.8, 4) is 17.2 Å². The van der Waals surface area contributed by atoms with E-state index in [9.17, 15) is 10.1 Å². The van der Waals surface area contributed by atoms with Crippen molar-refractivity contribution in [1.29, 1.82) is 5.26 Å². The zero-order valence-corrected chi connectivity index (χ0v) is 17.8. The van der Waals surface area contributed by atoms with Crippen LogP contribution in [-0.2, 0) is 16.0 Å². The van der Waals surface area contributed by atoms with Gasteiger partial charge in [-0.15, -0.1) is 0 Å². The molecule has 0 saturated heterocycles. The largest absolute Gasteiger partial charge is 0.460 e. The molecule has 0 aliphatic carbocycles. The number of rotatable bonds is 4. The lowest BCUT2D eigenvalue weighted by molar-refractivity contribution is -0.154. The fourth-order valence-electron chi connectivity index (χ4n) is 3.87. The Bertz CT molecular complexity index is 1090. The molecule has 3 rings (SSSR count). The van der Waals surface area contributed by atoms with E-state index < -0.39 is 5.60 Å². The van der Waals surface area contributed by atoms with Gasteiger partial charge in [0, 0.05) is 12.0 Å². The first-order valence-corrected chi connectivity index (χ1v) is 9.94. The second kappa shape index (κ2) is 8.09. The number of carbonyl (C=O) groups is 1. The van der Waals surface area contributed by atoms with Gasteiger partial charge < -0.3 is 4.74 Å². The molecular weight excluding hydrogens is 358 g/mol. The number of aryl methyl sites for hydroxylation is 3. The Kier molecular flexibility index (Phi) is 5.75. The second-order valence-corrected chi connectivity index (χ2v) is 8.46. The Hall–Kier alpha value is -3.12. The van der Waals surface area contributed by atoms with Crippen LogP contribution in [0.2, 0.25) is 0 Å². The highest BCUT2D eigenvalue weighted by molar-refractivity contribution is 5.95. The van der Waals surface area contributed by atoms with E-state index in [1.165, 1.54) is 0 Å². The molecule has 148 valence electrons. The number of nitriles is 1. The molecule has 0 bridgehead atoms. The number of benzene rings is 3. The van der Waals surface area contributed by atoms with Crippen molar-refractivity contribution < 1.29 is 9.53 Å². The Morgan fingerprint density at radius 2 is 1.69 bits per heavy atom. The molecule has 3 aromatic rings. The molecule has 0 radical (unpaired) electrons. The number of hydrogen-bond acceptors (Lipinski definition) is 3. The molecule has 3 aromatic carbocycles. The van der Waals surface area contributed by atoms with Gasteiger partial charge in [0.25, 0.3) is 0 Å². The summed E-state index contributed by atoms with van der Waals surface area (Å²) in [6.45, 7) is 9.73. The maximum absolute atomic E-state index is 12.3. The standard InChI is InChI=1S/C26H27NO2/c1-17-9-8-10-18(2)25(17)22-15-19-11-6-7-12-20(19)21(23(22)16-27)13-14-24(28)29-26(3,4)5/h6-12,15H,13-14H2,1-5H3. The molecule has 0 saturated carbocycles. The predicted molar refractivity (Wildman–Crippen MR) is 118 cm³/mol. The van der Waals surface area contributed by atoms with Crippen molar-refractivity contribution in [1.82, 2.24) is 0 Å². The number of nitrogens with zero attached hydrogens (tertiary/aromatic N) is 1. The van der Waals surface area contributed by atoms with Crippen LogP contribution in [0, 0.1) is 25.2 Å². The van der Waals surface area contributed by atoms with Crippen molar-refractivity contribution in [2.45, 2.75) is 53.1 Å². The molecule has 0 aliphatic heterocycles. The zero-order valence-electron chi connectivity index (χ0n) is 17.8. The van der Waals surface area contributed by atoms with E-state index in [4.69, 9.17) is 4.74 Å². The van der Waals surface area contributed by atoms with Gasteiger partial charge in [0.05, 0.1) is 5.56 Å². The minimum Gasteiger partial charge on any atom is -0.460 e. The van der Waals surface area contributed by atoms with Gasteiger partial charge in [-0.1, -0.05) is 42.5 Å². The normalized spacial score (nSPS) is 11.3. The van der Waals surface area contributed by atoms with Gasteiger partial charge in [0.2, 0.25) is 0 Å². The molecule has 0 unspecified atom stereocenters. The van der Waals surface area contributed by atoms with E-state index >= 15 is 0 Å². The van der Waals surface area contributed by atoms with E-state index in [1.54, 1.807) is 0 Å². The first kappa shape index (κ1) is 20.6. The van der Waals surface area contributed by atoms with Crippen molar-refractivity contribution in [2.75, 3.05) is 0 Å². The van der Waals surface area contributed by atoms with Gasteiger partial charge in [-0.25, -0.2) is 0 Å². The van der Waals surface area contributed by atoms with Gasteiger partial charge in [-0.3, -0.25) is 4.79 Å². The highest BCUT2D eigenvalue weighted by Gasteiger charge is 2.20. The molecule has 0 atom stereocenters. The summed E-state index contributed by atoms with van der Waals surface area (Å²) in [4.78, 5) is 12.3. The van der Waals surface area contributed by atoms with E-state index in [0.29, 0.717) is 12.0 Å². The van der Waals surface area contributed by atoms with Crippen molar-refractivity contribution >= 4 is 16.7 Å². The average molecular weight is 386 g/mol. The van der Waals surface area contributed by atoms with Crippen LogP contribution in [0.4, 0.5) is 0 Å². The Balaban J connectivity index is 2.16. The summed E-state index contributed by atoms with van der Waals surface area (Å²) >= 11 is 0. The molecule has 0 amide bonds. The van der Waals surface area contributed by atoms with Crippen LogP contribution in [-0.4, -0.2) is 11.6 Å². The molecule has 0 heterocycles. The number of carbonyl (C=O) groups excluding carboxylic acids is 1. The quantitative estimate of drug-likeness (QED) is 0.497. The Morgan fingerprint density at radius 1 is 1.03 bits per heavy atom.